The monoisotopic (exact) mass is 255 g/mol. The smallest absolute Gasteiger partial charge is 0.171 e. The van der Waals surface area contributed by atoms with Crippen molar-refractivity contribution in [1.29, 1.82) is 0 Å². The van der Waals surface area contributed by atoms with Crippen LogP contribution in [0.15, 0.2) is 0 Å². The highest BCUT2D eigenvalue weighted by Gasteiger charge is 2.20. The van der Waals surface area contributed by atoms with Gasteiger partial charge in [-0.15, -0.1) is 0 Å². The van der Waals surface area contributed by atoms with Gasteiger partial charge in [0.25, 0.3) is 0 Å². The lowest BCUT2D eigenvalue weighted by atomic mass is 10.3. The zero-order valence-electron chi connectivity index (χ0n) is 10.5. The zero-order chi connectivity index (χ0) is 12.4. The lowest BCUT2D eigenvalue weighted by Gasteiger charge is -2.24. The zero-order valence-corrected chi connectivity index (χ0v) is 11.3. The molecule has 2 rings (SSSR count). The van der Waals surface area contributed by atoms with Crippen molar-refractivity contribution in [3.8, 4) is 0 Å². The number of hydrogen-bond donors (Lipinski definition) is 0. The Morgan fingerprint density at radius 3 is 2.76 bits per heavy atom. The fourth-order valence-electron chi connectivity index (χ4n) is 1.95. The van der Waals surface area contributed by atoms with Crippen LogP contribution in [0.3, 0.4) is 0 Å². The molecular formula is C12H18ClN3O. The molecule has 2 heterocycles. The molecule has 0 radical (unpaired) electrons. The van der Waals surface area contributed by atoms with E-state index in [1.807, 2.05) is 13.8 Å². The molecule has 5 heteroatoms. The van der Waals surface area contributed by atoms with Gasteiger partial charge in [-0.25, -0.2) is 9.97 Å². The van der Waals surface area contributed by atoms with Gasteiger partial charge in [-0.3, -0.25) is 0 Å². The van der Waals surface area contributed by atoms with Crippen molar-refractivity contribution >= 4 is 17.4 Å². The van der Waals surface area contributed by atoms with Gasteiger partial charge in [-0.2, -0.15) is 0 Å². The average Bonchev–Trinajstić information content (AvgIpc) is 2.48. The molecule has 17 heavy (non-hydrogen) atoms. The minimum Gasteiger partial charge on any atom is -0.377 e. The summed E-state index contributed by atoms with van der Waals surface area (Å²) in [6, 6.07) is 0. The third-order valence-electron chi connectivity index (χ3n) is 3.00. The lowest BCUT2D eigenvalue weighted by Crippen LogP contribution is -2.31. The SMILES string of the molecule is Cc1nc(Cl)c(N2CCCOC(C)C2)nc1C. The number of nitrogens with zero attached hydrogens (tertiary/aromatic N) is 3. The molecule has 0 amide bonds. The molecule has 0 N–H and O–H groups in total. The standard InChI is InChI=1S/C12H18ClN3O/c1-8-7-16(5-4-6-17-8)12-11(13)14-9(2)10(3)15-12/h8H,4-7H2,1-3H3. The summed E-state index contributed by atoms with van der Waals surface area (Å²) < 4.78 is 5.62. The van der Waals surface area contributed by atoms with Gasteiger partial charge in [-0.05, 0) is 27.2 Å². The Morgan fingerprint density at radius 2 is 2.00 bits per heavy atom. The first-order valence-electron chi connectivity index (χ1n) is 5.95. The fourth-order valence-corrected chi connectivity index (χ4v) is 2.24. The van der Waals surface area contributed by atoms with Gasteiger partial charge >= 0.3 is 0 Å². The molecule has 94 valence electrons. The molecule has 0 bridgehead atoms. The maximum atomic E-state index is 6.18. The Morgan fingerprint density at radius 1 is 1.29 bits per heavy atom. The highest BCUT2D eigenvalue weighted by molar-refractivity contribution is 6.31. The number of anilines is 1. The van der Waals surface area contributed by atoms with E-state index in [1.54, 1.807) is 0 Å². The highest BCUT2D eigenvalue weighted by Crippen LogP contribution is 2.24. The Labute approximate surface area is 107 Å². The minimum absolute atomic E-state index is 0.206. The summed E-state index contributed by atoms with van der Waals surface area (Å²) in [4.78, 5) is 11.0. The summed E-state index contributed by atoms with van der Waals surface area (Å²) in [5.74, 6) is 0.784. The number of halogens is 1. The Balaban J connectivity index is 2.28. The van der Waals surface area contributed by atoms with Crippen LogP contribution in [-0.4, -0.2) is 35.8 Å². The molecule has 0 aliphatic carbocycles. The van der Waals surface area contributed by atoms with E-state index in [9.17, 15) is 0 Å². The molecular weight excluding hydrogens is 238 g/mol. The summed E-state index contributed by atoms with van der Waals surface area (Å²) in [5, 5.41) is 0.488. The first-order chi connectivity index (χ1) is 8.08. The predicted octanol–water partition coefficient (Wildman–Crippen LogP) is 2.36. The molecule has 1 aliphatic rings. The van der Waals surface area contributed by atoms with Crippen molar-refractivity contribution in [2.45, 2.75) is 33.3 Å². The van der Waals surface area contributed by atoms with Crippen LogP contribution in [0.2, 0.25) is 5.15 Å². The molecule has 1 aliphatic heterocycles. The van der Waals surface area contributed by atoms with E-state index in [-0.39, 0.29) is 6.10 Å². The molecule has 1 saturated heterocycles. The van der Waals surface area contributed by atoms with Crippen LogP contribution >= 0.6 is 11.6 Å². The van der Waals surface area contributed by atoms with Crippen LogP contribution in [0.1, 0.15) is 24.7 Å². The van der Waals surface area contributed by atoms with Crippen molar-refractivity contribution in [3.05, 3.63) is 16.5 Å². The van der Waals surface area contributed by atoms with E-state index in [4.69, 9.17) is 16.3 Å². The fraction of sp³-hybridized carbons (Fsp3) is 0.667. The summed E-state index contributed by atoms with van der Waals surface area (Å²) in [6.45, 7) is 8.48. The van der Waals surface area contributed by atoms with Crippen LogP contribution in [0.25, 0.3) is 0 Å². The van der Waals surface area contributed by atoms with Gasteiger partial charge in [0.2, 0.25) is 0 Å². The summed E-state index contributed by atoms with van der Waals surface area (Å²) >= 11 is 6.18. The van der Waals surface area contributed by atoms with E-state index in [1.165, 1.54) is 0 Å². The Kier molecular flexibility index (Phi) is 3.84. The maximum Gasteiger partial charge on any atom is 0.171 e. The highest BCUT2D eigenvalue weighted by atomic mass is 35.5. The molecule has 4 nitrogen and oxygen atoms in total. The van der Waals surface area contributed by atoms with Crippen molar-refractivity contribution in [1.82, 2.24) is 9.97 Å². The van der Waals surface area contributed by atoms with Gasteiger partial charge in [-0.1, -0.05) is 11.6 Å². The van der Waals surface area contributed by atoms with E-state index < -0.39 is 0 Å². The first kappa shape index (κ1) is 12.6. The van der Waals surface area contributed by atoms with Gasteiger partial charge in [0.05, 0.1) is 17.5 Å². The van der Waals surface area contributed by atoms with Crippen LogP contribution in [-0.2, 0) is 4.74 Å². The topological polar surface area (TPSA) is 38.2 Å². The van der Waals surface area contributed by atoms with E-state index >= 15 is 0 Å². The van der Waals surface area contributed by atoms with Crippen molar-refractivity contribution in [3.63, 3.8) is 0 Å². The second-order valence-corrected chi connectivity index (χ2v) is 4.85. The second kappa shape index (κ2) is 5.19. The summed E-state index contributed by atoms with van der Waals surface area (Å²) in [6.07, 6.45) is 1.20. The van der Waals surface area contributed by atoms with Gasteiger partial charge in [0, 0.05) is 19.7 Å². The minimum atomic E-state index is 0.206. The Hall–Kier alpha value is -0.870. The molecule has 1 atom stereocenters. The molecule has 1 fully saturated rings. The predicted molar refractivity (Wildman–Crippen MR) is 68.8 cm³/mol. The number of hydrogen-bond acceptors (Lipinski definition) is 4. The van der Waals surface area contributed by atoms with Crippen LogP contribution < -0.4 is 4.90 Å². The molecule has 0 aromatic carbocycles. The normalized spacial score (nSPS) is 21.4. The van der Waals surface area contributed by atoms with Crippen LogP contribution in [0.5, 0.6) is 0 Å². The van der Waals surface area contributed by atoms with Gasteiger partial charge in [0.1, 0.15) is 0 Å². The molecule has 0 spiro atoms. The Bertz CT molecular complexity index is 411. The number of aromatic nitrogens is 2. The largest absolute Gasteiger partial charge is 0.377 e. The average molecular weight is 256 g/mol. The summed E-state index contributed by atoms with van der Waals surface area (Å²) in [5.41, 5.74) is 1.82. The van der Waals surface area contributed by atoms with Crippen LogP contribution in [0.4, 0.5) is 5.82 Å². The third kappa shape index (κ3) is 2.87. The van der Waals surface area contributed by atoms with Gasteiger partial charge < -0.3 is 9.64 Å². The van der Waals surface area contributed by atoms with E-state index in [2.05, 4.69) is 21.8 Å². The molecule has 1 aromatic heterocycles. The molecule has 1 unspecified atom stereocenters. The third-order valence-corrected chi connectivity index (χ3v) is 3.25. The maximum absolute atomic E-state index is 6.18. The molecule has 0 saturated carbocycles. The van der Waals surface area contributed by atoms with Crippen molar-refractivity contribution in [2.75, 3.05) is 24.6 Å². The van der Waals surface area contributed by atoms with Gasteiger partial charge in [0.15, 0.2) is 11.0 Å². The molecule has 1 aromatic rings. The van der Waals surface area contributed by atoms with Crippen LogP contribution in [0, 0.1) is 13.8 Å². The first-order valence-corrected chi connectivity index (χ1v) is 6.33. The van der Waals surface area contributed by atoms with E-state index in [0.717, 1.165) is 43.3 Å². The number of aryl methyl sites for hydroxylation is 2. The number of ether oxygens (including phenoxy) is 1. The second-order valence-electron chi connectivity index (χ2n) is 4.49. The van der Waals surface area contributed by atoms with Crippen molar-refractivity contribution in [2.24, 2.45) is 0 Å². The summed E-state index contributed by atoms with van der Waals surface area (Å²) in [7, 11) is 0. The lowest BCUT2D eigenvalue weighted by molar-refractivity contribution is 0.0820. The van der Waals surface area contributed by atoms with Crippen molar-refractivity contribution < 1.29 is 4.74 Å². The van der Waals surface area contributed by atoms with E-state index in [0.29, 0.717) is 5.15 Å². The quantitative estimate of drug-likeness (QED) is 0.772. The number of rotatable bonds is 1.